The second-order valence-corrected chi connectivity index (χ2v) is 6.65. The molecule has 0 aliphatic heterocycles. The molecule has 5 heteroatoms. The molecule has 0 saturated carbocycles. The van der Waals surface area contributed by atoms with E-state index < -0.39 is 0 Å². The van der Waals surface area contributed by atoms with Gasteiger partial charge < -0.3 is 0 Å². The van der Waals surface area contributed by atoms with Crippen molar-refractivity contribution in [2.45, 2.75) is 18.2 Å². The summed E-state index contributed by atoms with van der Waals surface area (Å²) in [6.45, 7) is 4.16. The first-order chi connectivity index (χ1) is 9.63. The van der Waals surface area contributed by atoms with Gasteiger partial charge in [0.25, 0.3) is 0 Å². The molecule has 0 bridgehead atoms. The van der Waals surface area contributed by atoms with Crippen LogP contribution in [-0.2, 0) is 0 Å². The molecule has 1 aromatic carbocycles. The smallest absolute Gasteiger partial charge is 0.153 e. The van der Waals surface area contributed by atoms with Gasteiger partial charge in [0.15, 0.2) is 4.34 Å². The number of fused-ring (bicyclic) bond motifs is 1. The van der Waals surface area contributed by atoms with E-state index in [1.54, 1.807) is 11.8 Å². The van der Waals surface area contributed by atoms with E-state index in [1.165, 1.54) is 11.3 Å². The summed E-state index contributed by atoms with van der Waals surface area (Å²) in [6, 6.07) is 10.2. The Morgan fingerprint density at radius 3 is 2.55 bits per heavy atom. The topological polar surface area (TPSA) is 41.7 Å². The number of hydrogen-bond acceptors (Lipinski definition) is 4. The van der Waals surface area contributed by atoms with E-state index in [0.29, 0.717) is 4.67 Å². The van der Waals surface area contributed by atoms with Crippen LogP contribution in [0.3, 0.4) is 0 Å². The third-order valence-electron chi connectivity index (χ3n) is 3.49. The Balaban J connectivity index is 2.46. The van der Waals surface area contributed by atoms with Crippen LogP contribution < -0.4 is 4.67 Å². The van der Waals surface area contributed by atoms with Crippen LogP contribution in [0.25, 0.3) is 16.7 Å². The zero-order chi connectivity index (χ0) is 14.3. The lowest BCUT2D eigenvalue weighted by atomic mass is 10.2. The number of aryl methyl sites for hydroxylation is 1. The lowest BCUT2D eigenvalue weighted by molar-refractivity contribution is 1.01. The summed E-state index contributed by atoms with van der Waals surface area (Å²) in [6.07, 6.45) is 2.00. The molecular weight excluding hydrogens is 286 g/mol. The Kier molecular flexibility index (Phi) is 3.40. The molecule has 20 heavy (non-hydrogen) atoms. The molecule has 2 heterocycles. The molecule has 3 nitrogen and oxygen atoms in total. The van der Waals surface area contributed by atoms with E-state index in [2.05, 4.69) is 30.5 Å². The number of aromatic nitrogens is 2. The number of benzene rings is 1. The highest BCUT2D eigenvalue weighted by molar-refractivity contribution is 8.00. The van der Waals surface area contributed by atoms with Crippen LogP contribution in [0, 0.1) is 19.3 Å². The Hall–Kier alpha value is -1.59. The molecule has 0 atom stereocenters. The predicted octanol–water partition coefficient (Wildman–Crippen LogP) is 3.91. The van der Waals surface area contributed by atoms with Crippen molar-refractivity contribution in [1.29, 1.82) is 5.41 Å². The van der Waals surface area contributed by atoms with Crippen molar-refractivity contribution in [1.82, 2.24) is 9.55 Å². The van der Waals surface area contributed by atoms with E-state index in [0.717, 1.165) is 32.3 Å². The van der Waals surface area contributed by atoms with Crippen LogP contribution in [0.15, 0.2) is 34.7 Å². The summed E-state index contributed by atoms with van der Waals surface area (Å²) < 4.78 is 3.67. The number of thioether (sulfide) groups is 1. The molecule has 3 rings (SSSR count). The molecule has 0 saturated heterocycles. The van der Waals surface area contributed by atoms with Crippen LogP contribution in [0.2, 0.25) is 0 Å². The summed E-state index contributed by atoms with van der Waals surface area (Å²) in [5.74, 6) is 0. The van der Waals surface area contributed by atoms with Crippen molar-refractivity contribution in [3.63, 3.8) is 0 Å². The maximum Gasteiger partial charge on any atom is 0.153 e. The van der Waals surface area contributed by atoms with Crippen LogP contribution >= 0.6 is 23.1 Å². The molecule has 0 aliphatic rings. The quantitative estimate of drug-likeness (QED) is 0.729. The fraction of sp³-hybridized carbons (Fsp3) is 0.200. The number of hydrogen-bond donors (Lipinski definition) is 1. The van der Waals surface area contributed by atoms with Gasteiger partial charge in [0, 0.05) is 11.4 Å². The molecule has 1 N–H and O–H groups in total. The lowest BCUT2D eigenvalue weighted by Crippen LogP contribution is -2.01. The predicted molar refractivity (Wildman–Crippen MR) is 86.1 cm³/mol. The van der Waals surface area contributed by atoms with Gasteiger partial charge >= 0.3 is 0 Å². The van der Waals surface area contributed by atoms with E-state index in [4.69, 9.17) is 10.4 Å². The Bertz CT molecular complexity index is 832. The summed E-state index contributed by atoms with van der Waals surface area (Å²) in [5, 5.41) is 9.24. The second kappa shape index (κ2) is 5.07. The first-order valence-corrected chi connectivity index (χ1v) is 8.34. The van der Waals surface area contributed by atoms with Crippen LogP contribution in [0.5, 0.6) is 0 Å². The van der Waals surface area contributed by atoms with Crippen molar-refractivity contribution in [3.05, 3.63) is 46.3 Å². The maximum atomic E-state index is 8.27. The molecule has 0 aliphatic carbocycles. The SMILES string of the molecule is CSc1nc2c(c(C)c(C)n2-c2ccccc2)c(=N)s1. The van der Waals surface area contributed by atoms with Crippen molar-refractivity contribution < 1.29 is 0 Å². The average molecular weight is 301 g/mol. The van der Waals surface area contributed by atoms with Crippen molar-refractivity contribution in [2.75, 3.05) is 6.26 Å². The molecule has 0 unspecified atom stereocenters. The first-order valence-electron chi connectivity index (χ1n) is 6.30. The maximum absolute atomic E-state index is 8.27. The minimum atomic E-state index is 0.592. The normalized spacial score (nSPS) is 11.2. The van der Waals surface area contributed by atoms with Crippen LogP contribution in [-0.4, -0.2) is 15.8 Å². The van der Waals surface area contributed by atoms with Gasteiger partial charge in [-0.1, -0.05) is 41.3 Å². The summed E-state index contributed by atoms with van der Waals surface area (Å²) in [5.41, 5.74) is 4.28. The third-order valence-corrected chi connectivity index (χ3v) is 5.36. The van der Waals surface area contributed by atoms with Crippen molar-refractivity contribution in [3.8, 4) is 5.69 Å². The summed E-state index contributed by atoms with van der Waals surface area (Å²) in [4.78, 5) is 4.74. The van der Waals surface area contributed by atoms with Crippen LogP contribution in [0.1, 0.15) is 11.3 Å². The largest absolute Gasteiger partial charge is 0.298 e. The van der Waals surface area contributed by atoms with Crippen molar-refractivity contribution >= 4 is 34.1 Å². The highest BCUT2D eigenvalue weighted by Crippen LogP contribution is 2.28. The molecule has 0 radical (unpaired) electrons. The molecule has 0 spiro atoms. The number of para-hydroxylation sites is 1. The lowest BCUT2D eigenvalue weighted by Gasteiger charge is -2.07. The highest BCUT2D eigenvalue weighted by Gasteiger charge is 2.16. The Morgan fingerprint density at radius 2 is 1.90 bits per heavy atom. The zero-order valence-electron chi connectivity index (χ0n) is 11.6. The van der Waals surface area contributed by atoms with Gasteiger partial charge in [-0.25, -0.2) is 4.98 Å². The fourth-order valence-corrected chi connectivity index (χ4v) is 3.81. The van der Waals surface area contributed by atoms with Crippen molar-refractivity contribution in [2.24, 2.45) is 0 Å². The Labute approximate surface area is 125 Å². The van der Waals surface area contributed by atoms with Gasteiger partial charge in [-0.05, 0) is 37.8 Å². The van der Waals surface area contributed by atoms with E-state index >= 15 is 0 Å². The van der Waals surface area contributed by atoms with Crippen LogP contribution in [0.4, 0.5) is 0 Å². The minimum Gasteiger partial charge on any atom is -0.298 e. The molecule has 0 fully saturated rings. The highest BCUT2D eigenvalue weighted by atomic mass is 32.2. The van der Waals surface area contributed by atoms with Gasteiger partial charge in [0.1, 0.15) is 10.3 Å². The Morgan fingerprint density at radius 1 is 1.20 bits per heavy atom. The molecule has 0 amide bonds. The van der Waals surface area contributed by atoms with Gasteiger partial charge in [-0.15, -0.1) is 0 Å². The molecule has 102 valence electrons. The minimum absolute atomic E-state index is 0.592. The van der Waals surface area contributed by atoms with Gasteiger partial charge in [-0.3, -0.25) is 9.98 Å². The fourth-order valence-electron chi connectivity index (χ4n) is 2.39. The summed E-state index contributed by atoms with van der Waals surface area (Å²) >= 11 is 3.03. The first kappa shape index (κ1) is 13.4. The molecule has 3 aromatic rings. The number of rotatable bonds is 2. The van der Waals surface area contributed by atoms with E-state index in [-0.39, 0.29) is 0 Å². The van der Waals surface area contributed by atoms with E-state index in [9.17, 15) is 0 Å². The zero-order valence-corrected chi connectivity index (χ0v) is 13.2. The van der Waals surface area contributed by atoms with E-state index in [1.807, 2.05) is 24.5 Å². The average Bonchev–Trinajstić information content (AvgIpc) is 2.72. The standard InChI is InChI=1S/C15H15N3S2/c1-9-10(2)18(11-7-5-4-6-8-11)14-12(9)13(16)20-15(17-14)19-3/h4-8,16H,1-3H3. The third kappa shape index (κ3) is 1.98. The van der Waals surface area contributed by atoms with Gasteiger partial charge in [0.05, 0.1) is 5.39 Å². The molecule has 2 aromatic heterocycles. The van der Waals surface area contributed by atoms with Gasteiger partial charge in [0.2, 0.25) is 0 Å². The number of nitrogens with one attached hydrogen (secondary N) is 1. The molecular formula is C15H15N3S2. The summed E-state index contributed by atoms with van der Waals surface area (Å²) in [7, 11) is 0. The monoisotopic (exact) mass is 301 g/mol. The van der Waals surface area contributed by atoms with Gasteiger partial charge in [-0.2, -0.15) is 0 Å². The number of nitrogens with zero attached hydrogens (tertiary/aromatic N) is 2. The second-order valence-electron chi connectivity index (χ2n) is 4.59.